The fourth-order valence-corrected chi connectivity index (χ4v) is 2.13. The first kappa shape index (κ1) is 12.3. The Kier molecular flexibility index (Phi) is 2.91. The van der Waals surface area contributed by atoms with Crippen molar-refractivity contribution in [1.29, 1.82) is 0 Å². The lowest BCUT2D eigenvalue weighted by atomic mass is 9.77. The summed E-state index contributed by atoms with van der Waals surface area (Å²) in [4.78, 5) is 0. The molecule has 3 heteroatoms. The monoisotopic (exact) mass is 241 g/mol. The Morgan fingerprint density at radius 1 is 0.722 bits per heavy atom. The number of benzene rings is 2. The van der Waals surface area contributed by atoms with Crippen LogP contribution in [-0.4, -0.2) is 0 Å². The van der Waals surface area contributed by atoms with Gasteiger partial charge in [0.15, 0.2) is 0 Å². The van der Waals surface area contributed by atoms with Gasteiger partial charge in [0.05, 0.1) is 0 Å². The first-order valence-electron chi connectivity index (χ1n) is 5.92. The van der Waals surface area contributed by atoms with E-state index >= 15 is 0 Å². The lowest BCUT2D eigenvalue weighted by Crippen LogP contribution is -2.19. The van der Waals surface area contributed by atoms with Crippen LogP contribution in [0.5, 0.6) is 0 Å². The third-order valence-electron chi connectivity index (χ3n) is 3.31. The molecule has 18 heavy (non-hydrogen) atoms. The van der Waals surface area contributed by atoms with E-state index in [4.69, 9.17) is 17.2 Å². The molecule has 0 aromatic heterocycles. The molecule has 0 radical (unpaired) electrons. The van der Waals surface area contributed by atoms with Gasteiger partial charge < -0.3 is 17.2 Å². The number of nitrogens with two attached hydrogens (primary N) is 3. The predicted octanol–water partition coefficient (Wildman–Crippen LogP) is 2.76. The van der Waals surface area contributed by atoms with Gasteiger partial charge in [-0.1, -0.05) is 26.0 Å². The van der Waals surface area contributed by atoms with Gasteiger partial charge in [-0.3, -0.25) is 0 Å². The zero-order valence-electron chi connectivity index (χ0n) is 10.8. The SMILES string of the molecule is CC(C)(c1cccc(N)c1)c1cc(N)cc(N)c1. The molecule has 2 aromatic rings. The average Bonchev–Trinajstić information content (AvgIpc) is 2.27. The Morgan fingerprint density at radius 3 is 1.83 bits per heavy atom. The Morgan fingerprint density at radius 2 is 1.28 bits per heavy atom. The van der Waals surface area contributed by atoms with E-state index in [9.17, 15) is 0 Å². The molecule has 0 saturated carbocycles. The molecular formula is C15H19N3. The number of rotatable bonds is 2. The molecule has 0 spiro atoms. The molecule has 0 unspecified atom stereocenters. The van der Waals surface area contributed by atoms with E-state index in [1.54, 1.807) is 6.07 Å². The first-order chi connectivity index (χ1) is 8.39. The molecule has 2 rings (SSSR count). The minimum atomic E-state index is -0.182. The fraction of sp³-hybridized carbons (Fsp3) is 0.200. The van der Waals surface area contributed by atoms with Crippen molar-refractivity contribution in [3.05, 3.63) is 53.6 Å². The zero-order chi connectivity index (χ0) is 13.3. The van der Waals surface area contributed by atoms with E-state index in [-0.39, 0.29) is 5.41 Å². The molecule has 0 saturated heterocycles. The summed E-state index contributed by atoms with van der Waals surface area (Å²) in [5.41, 5.74) is 21.7. The summed E-state index contributed by atoms with van der Waals surface area (Å²) in [5, 5.41) is 0. The van der Waals surface area contributed by atoms with Crippen LogP contribution in [0.4, 0.5) is 17.1 Å². The molecule has 94 valence electrons. The second-order valence-electron chi connectivity index (χ2n) is 5.14. The van der Waals surface area contributed by atoms with Crippen LogP contribution in [0.15, 0.2) is 42.5 Å². The third-order valence-corrected chi connectivity index (χ3v) is 3.31. The topological polar surface area (TPSA) is 78.1 Å². The molecule has 2 aromatic carbocycles. The fourth-order valence-electron chi connectivity index (χ4n) is 2.13. The van der Waals surface area contributed by atoms with Crippen LogP contribution in [0.3, 0.4) is 0 Å². The maximum Gasteiger partial charge on any atom is 0.0337 e. The molecule has 0 aliphatic heterocycles. The third kappa shape index (κ3) is 2.25. The second-order valence-corrected chi connectivity index (χ2v) is 5.14. The van der Waals surface area contributed by atoms with Gasteiger partial charge in [-0.2, -0.15) is 0 Å². The second kappa shape index (κ2) is 4.26. The van der Waals surface area contributed by atoms with Crippen LogP contribution >= 0.6 is 0 Å². The number of hydrogen-bond acceptors (Lipinski definition) is 3. The molecule has 3 nitrogen and oxygen atoms in total. The molecule has 0 amide bonds. The smallest absolute Gasteiger partial charge is 0.0337 e. The predicted molar refractivity (Wildman–Crippen MR) is 78.2 cm³/mol. The number of anilines is 3. The van der Waals surface area contributed by atoms with Crippen molar-refractivity contribution in [2.75, 3.05) is 17.2 Å². The van der Waals surface area contributed by atoms with E-state index in [2.05, 4.69) is 19.9 Å². The van der Waals surface area contributed by atoms with Crippen molar-refractivity contribution < 1.29 is 0 Å². The molecule has 0 fully saturated rings. The number of hydrogen-bond donors (Lipinski definition) is 3. The van der Waals surface area contributed by atoms with Gasteiger partial charge in [-0.05, 0) is 41.5 Å². The highest BCUT2D eigenvalue weighted by molar-refractivity contribution is 5.58. The van der Waals surface area contributed by atoms with E-state index < -0.39 is 0 Å². The standard InChI is InChI=1S/C15H19N3/c1-15(2,10-4-3-5-12(16)6-10)11-7-13(17)9-14(18)8-11/h3-9H,16-18H2,1-2H3. The van der Waals surface area contributed by atoms with Gasteiger partial charge in [-0.15, -0.1) is 0 Å². The van der Waals surface area contributed by atoms with Crippen LogP contribution in [-0.2, 0) is 5.41 Å². The molecule has 6 N–H and O–H groups in total. The van der Waals surface area contributed by atoms with E-state index in [0.717, 1.165) is 16.8 Å². The van der Waals surface area contributed by atoms with Gasteiger partial charge in [0.1, 0.15) is 0 Å². The first-order valence-corrected chi connectivity index (χ1v) is 5.92. The van der Waals surface area contributed by atoms with Crippen molar-refractivity contribution in [2.24, 2.45) is 0 Å². The Balaban J connectivity index is 2.53. The van der Waals surface area contributed by atoms with Gasteiger partial charge in [-0.25, -0.2) is 0 Å². The van der Waals surface area contributed by atoms with Crippen molar-refractivity contribution in [1.82, 2.24) is 0 Å². The van der Waals surface area contributed by atoms with Crippen molar-refractivity contribution in [2.45, 2.75) is 19.3 Å². The van der Waals surface area contributed by atoms with E-state index in [0.29, 0.717) is 11.4 Å². The highest BCUT2D eigenvalue weighted by Crippen LogP contribution is 2.34. The van der Waals surface area contributed by atoms with Crippen molar-refractivity contribution in [3.8, 4) is 0 Å². The summed E-state index contributed by atoms with van der Waals surface area (Å²) in [5.74, 6) is 0. The maximum atomic E-state index is 5.86. The summed E-state index contributed by atoms with van der Waals surface area (Å²) < 4.78 is 0. The summed E-state index contributed by atoms with van der Waals surface area (Å²) >= 11 is 0. The van der Waals surface area contributed by atoms with Gasteiger partial charge in [0.2, 0.25) is 0 Å². The normalized spacial score (nSPS) is 11.4. The highest BCUT2D eigenvalue weighted by Gasteiger charge is 2.23. The Labute approximate surface area is 108 Å². The Hall–Kier alpha value is -2.16. The summed E-state index contributed by atoms with van der Waals surface area (Å²) in [6.07, 6.45) is 0. The molecule has 0 atom stereocenters. The van der Waals surface area contributed by atoms with Crippen molar-refractivity contribution >= 4 is 17.1 Å². The molecular weight excluding hydrogens is 222 g/mol. The summed E-state index contributed by atoms with van der Waals surface area (Å²) in [6, 6.07) is 13.6. The lowest BCUT2D eigenvalue weighted by Gasteiger charge is -2.27. The van der Waals surface area contributed by atoms with Crippen LogP contribution in [0.25, 0.3) is 0 Å². The zero-order valence-corrected chi connectivity index (χ0v) is 10.8. The van der Waals surface area contributed by atoms with Crippen LogP contribution < -0.4 is 17.2 Å². The lowest BCUT2D eigenvalue weighted by molar-refractivity contribution is 0.642. The van der Waals surface area contributed by atoms with Gasteiger partial charge in [0, 0.05) is 22.5 Å². The summed E-state index contributed by atoms with van der Waals surface area (Å²) in [7, 11) is 0. The van der Waals surface area contributed by atoms with Crippen molar-refractivity contribution in [3.63, 3.8) is 0 Å². The average molecular weight is 241 g/mol. The quantitative estimate of drug-likeness (QED) is 0.707. The minimum Gasteiger partial charge on any atom is -0.399 e. The maximum absolute atomic E-state index is 5.86. The van der Waals surface area contributed by atoms with Crippen LogP contribution in [0.2, 0.25) is 0 Å². The van der Waals surface area contributed by atoms with E-state index in [1.807, 2.05) is 30.3 Å². The van der Waals surface area contributed by atoms with Crippen LogP contribution in [0, 0.1) is 0 Å². The summed E-state index contributed by atoms with van der Waals surface area (Å²) in [6.45, 7) is 4.27. The van der Waals surface area contributed by atoms with E-state index in [1.165, 1.54) is 0 Å². The van der Waals surface area contributed by atoms with Gasteiger partial charge >= 0.3 is 0 Å². The molecule has 0 aliphatic carbocycles. The minimum absolute atomic E-state index is 0.182. The molecule has 0 bridgehead atoms. The molecule has 0 heterocycles. The van der Waals surface area contributed by atoms with Crippen LogP contribution in [0.1, 0.15) is 25.0 Å². The molecule has 0 aliphatic rings. The largest absolute Gasteiger partial charge is 0.399 e. The van der Waals surface area contributed by atoms with Gasteiger partial charge in [0.25, 0.3) is 0 Å². The highest BCUT2D eigenvalue weighted by atomic mass is 14.6. The number of nitrogen functional groups attached to an aromatic ring is 3. The Bertz CT molecular complexity index is 553.